The highest BCUT2D eigenvalue weighted by molar-refractivity contribution is 5.69. The van der Waals surface area contributed by atoms with Crippen LogP contribution in [-0.4, -0.2) is 48.8 Å². The van der Waals surface area contributed by atoms with Crippen LogP contribution in [0.2, 0.25) is 0 Å². The maximum atomic E-state index is 10.6. The number of aliphatic carboxylic acids is 1. The number of hydrogen-bond donors (Lipinski definition) is 1. The van der Waals surface area contributed by atoms with E-state index < -0.39 is 5.97 Å². The minimum absolute atomic E-state index is 0.145. The van der Waals surface area contributed by atoms with E-state index in [0.29, 0.717) is 5.92 Å². The molecule has 1 N–H and O–H groups in total. The molecule has 1 aliphatic heterocycles. The molecule has 88 valence electrons. The fourth-order valence-electron chi connectivity index (χ4n) is 2.18. The zero-order valence-electron chi connectivity index (χ0n) is 9.82. The van der Waals surface area contributed by atoms with Gasteiger partial charge in [-0.3, -0.25) is 9.69 Å². The smallest absolute Gasteiger partial charge is 0.317 e. The van der Waals surface area contributed by atoms with Crippen LogP contribution in [0.3, 0.4) is 0 Å². The summed E-state index contributed by atoms with van der Waals surface area (Å²) < 4.78 is 5.43. The predicted octanol–water partition coefficient (Wildman–Crippen LogP) is 1.07. The molecule has 1 rings (SSSR count). The van der Waals surface area contributed by atoms with Crippen molar-refractivity contribution in [3.63, 3.8) is 0 Å². The van der Waals surface area contributed by atoms with Gasteiger partial charge in [0.05, 0.1) is 13.2 Å². The van der Waals surface area contributed by atoms with Crippen molar-refractivity contribution >= 4 is 5.97 Å². The van der Waals surface area contributed by atoms with Gasteiger partial charge in [0.1, 0.15) is 0 Å². The van der Waals surface area contributed by atoms with Crippen LogP contribution >= 0.6 is 0 Å². The first-order chi connectivity index (χ1) is 6.95. The number of nitrogens with zero attached hydrogens (tertiary/aromatic N) is 1. The Hall–Kier alpha value is -0.610. The highest BCUT2D eigenvalue weighted by Crippen LogP contribution is 2.35. The van der Waals surface area contributed by atoms with Gasteiger partial charge in [-0.15, -0.1) is 0 Å². The van der Waals surface area contributed by atoms with Crippen LogP contribution in [0.1, 0.15) is 20.8 Å². The van der Waals surface area contributed by atoms with Crippen molar-refractivity contribution in [2.45, 2.75) is 20.8 Å². The lowest BCUT2D eigenvalue weighted by atomic mass is 9.83. The number of carboxylic acid groups (broad SMARTS) is 1. The van der Waals surface area contributed by atoms with Gasteiger partial charge in [-0.05, 0) is 12.3 Å². The van der Waals surface area contributed by atoms with Crippen molar-refractivity contribution in [1.29, 1.82) is 0 Å². The van der Waals surface area contributed by atoms with E-state index in [9.17, 15) is 4.79 Å². The summed E-state index contributed by atoms with van der Waals surface area (Å²) in [5, 5.41) is 8.73. The monoisotopic (exact) mass is 215 g/mol. The fourth-order valence-corrected chi connectivity index (χ4v) is 2.18. The normalized spacial score (nSPS) is 25.7. The second-order valence-corrected chi connectivity index (χ2v) is 4.91. The van der Waals surface area contributed by atoms with Gasteiger partial charge in [0, 0.05) is 25.6 Å². The van der Waals surface area contributed by atoms with Gasteiger partial charge in [-0.25, -0.2) is 0 Å². The Bertz CT molecular complexity index is 228. The lowest BCUT2D eigenvalue weighted by Crippen LogP contribution is -2.28. The molecule has 0 radical (unpaired) electrons. The maximum absolute atomic E-state index is 10.6. The zero-order chi connectivity index (χ0) is 11.5. The van der Waals surface area contributed by atoms with Gasteiger partial charge in [0.2, 0.25) is 0 Å². The summed E-state index contributed by atoms with van der Waals surface area (Å²) in [4.78, 5) is 12.6. The number of likely N-dealkylation sites (tertiary alicyclic amines) is 1. The van der Waals surface area contributed by atoms with Gasteiger partial charge < -0.3 is 9.84 Å². The van der Waals surface area contributed by atoms with Crippen LogP contribution in [0.15, 0.2) is 0 Å². The summed E-state index contributed by atoms with van der Waals surface area (Å²) >= 11 is 0. The average Bonchev–Trinajstić information content (AvgIpc) is 2.35. The van der Waals surface area contributed by atoms with Crippen molar-refractivity contribution in [1.82, 2.24) is 4.90 Å². The molecule has 1 atom stereocenters. The molecule has 1 heterocycles. The van der Waals surface area contributed by atoms with Crippen LogP contribution in [-0.2, 0) is 9.53 Å². The average molecular weight is 215 g/mol. The third kappa shape index (κ3) is 3.47. The number of carboxylic acids is 1. The molecule has 0 aliphatic carbocycles. The van der Waals surface area contributed by atoms with E-state index in [1.165, 1.54) is 0 Å². The molecule has 1 aliphatic rings. The quantitative estimate of drug-likeness (QED) is 0.745. The molecule has 0 aromatic carbocycles. The van der Waals surface area contributed by atoms with Crippen molar-refractivity contribution in [2.75, 3.05) is 32.8 Å². The first-order valence-electron chi connectivity index (χ1n) is 5.47. The van der Waals surface area contributed by atoms with Crippen LogP contribution in [0.4, 0.5) is 0 Å². The van der Waals surface area contributed by atoms with Crippen LogP contribution in [0.25, 0.3) is 0 Å². The lowest BCUT2D eigenvalue weighted by molar-refractivity contribution is -0.138. The number of rotatable bonds is 5. The molecule has 1 saturated heterocycles. The Kier molecular flexibility index (Phi) is 4.11. The highest BCUT2D eigenvalue weighted by Gasteiger charge is 2.39. The first kappa shape index (κ1) is 12.5. The number of ether oxygens (including phenoxy) is 1. The first-order valence-corrected chi connectivity index (χ1v) is 5.47. The highest BCUT2D eigenvalue weighted by atomic mass is 16.5. The Morgan fingerprint density at radius 1 is 1.60 bits per heavy atom. The molecular formula is C11H21NO3. The molecule has 15 heavy (non-hydrogen) atoms. The van der Waals surface area contributed by atoms with Gasteiger partial charge in [-0.1, -0.05) is 13.8 Å². The Morgan fingerprint density at radius 3 is 2.80 bits per heavy atom. The van der Waals surface area contributed by atoms with Crippen LogP contribution < -0.4 is 0 Å². The molecule has 0 aromatic heterocycles. The predicted molar refractivity (Wildman–Crippen MR) is 57.8 cm³/mol. The van der Waals surface area contributed by atoms with Gasteiger partial charge in [-0.2, -0.15) is 0 Å². The van der Waals surface area contributed by atoms with Crippen molar-refractivity contribution < 1.29 is 14.6 Å². The summed E-state index contributed by atoms with van der Waals surface area (Å²) in [6, 6.07) is 0. The van der Waals surface area contributed by atoms with E-state index in [4.69, 9.17) is 9.84 Å². The summed E-state index contributed by atoms with van der Waals surface area (Å²) in [7, 11) is 0. The molecule has 0 bridgehead atoms. The molecule has 0 amide bonds. The largest absolute Gasteiger partial charge is 0.480 e. The van der Waals surface area contributed by atoms with Crippen molar-refractivity contribution in [2.24, 2.45) is 11.3 Å². The zero-order valence-corrected chi connectivity index (χ0v) is 9.82. The summed E-state index contributed by atoms with van der Waals surface area (Å²) in [5.41, 5.74) is 0.157. The van der Waals surface area contributed by atoms with Crippen LogP contribution in [0, 0.1) is 11.3 Å². The Morgan fingerprint density at radius 2 is 2.27 bits per heavy atom. The molecule has 0 spiro atoms. The van der Waals surface area contributed by atoms with E-state index in [1.54, 1.807) is 0 Å². The molecule has 0 saturated carbocycles. The number of hydrogen-bond acceptors (Lipinski definition) is 3. The second-order valence-electron chi connectivity index (χ2n) is 4.91. The standard InChI is InChI=1S/C11H21NO3/c1-4-15-7-9-5-12(6-10(13)14)8-11(9,2)3/h9H,4-8H2,1-3H3,(H,13,14). The summed E-state index contributed by atoms with van der Waals surface area (Å²) in [6.45, 7) is 9.63. The van der Waals surface area contributed by atoms with Gasteiger partial charge >= 0.3 is 5.97 Å². The van der Waals surface area contributed by atoms with E-state index >= 15 is 0 Å². The van der Waals surface area contributed by atoms with Crippen LogP contribution in [0.5, 0.6) is 0 Å². The lowest BCUT2D eigenvalue weighted by Gasteiger charge is -2.25. The van der Waals surface area contributed by atoms with Crippen molar-refractivity contribution in [3.05, 3.63) is 0 Å². The Balaban J connectivity index is 2.48. The minimum atomic E-state index is -0.747. The molecule has 4 nitrogen and oxygen atoms in total. The molecular weight excluding hydrogens is 194 g/mol. The number of carbonyl (C=O) groups is 1. The third-order valence-electron chi connectivity index (χ3n) is 3.10. The maximum Gasteiger partial charge on any atom is 0.317 e. The Labute approximate surface area is 91.2 Å². The molecule has 1 unspecified atom stereocenters. The molecule has 1 fully saturated rings. The topological polar surface area (TPSA) is 49.8 Å². The SMILES string of the molecule is CCOCC1CN(CC(=O)O)CC1(C)C. The molecule has 0 aromatic rings. The van der Waals surface area contributed by atoms with Gasteiger partial charge in [0.15, 0.2) is 0 Å². The van der Waals surface area contributed by atoms with E-state index in [-0.39, 0.29) is 12.0 Å². The summed E-state index contributed by atoms with van der Waals surface area (Å²) in [5.74, 6) is -0.306. The van der Waals surface area contributed by atoms with Crippen molar-refractivity contribution in [3.8, 4) is 0 Å². The second kappa shape index (κ2) is 4.94. The third-order valence-corrected chi connectivity index (χ3v) is 3.10. The van der Waals surface area contributed by atoms with E-state index in [2.05, 4.69) is 13.8 Å². The van der Waals surface area contributed by atoms with E-state index in [1.807, 2.05) is 11.8 Å². The minimum Gasteiger partial charge on any atom is -0.480 e. The summed E-state index contributed by atoms with van der Waals surface area (Å²) in [6.07, 6.45) is 0. The molecule has 4 heteroatoms. The van der Waals surface area contributed by atoms with E-state index in [0.717, 1.165) is 26.3 Å². The van der Waals surface area contributed by atoms with Gasteiger partial charge in [0.25, 0.3) is 0 Å². The fraction of sp³-hybridized carbons (Fsp3) is 0.909.